The second-order valence-corrected chi connectivity index (χ2v) is 4.96. The number of carbonyl (C=O) groups excluding carboxylic acids is 1. The highest BCUT2D eigenvalue weighted by molar-refractivity contribution is 9.10. The van der Waals surface area contributed by atoms with Crippen LogP contribution in [0.25, 0.3) is 0 Å². The van der Waals surface area contributed by atoms with Crippen molar-refractivity contribution in [3.8, 4) is 0 Å². The maximum atomic E-state index is 11.7. The number of anilines is 1. The fourth-order valence-electron chi connectivity index (χ4n) is 1.14. The van der Waals surface area contributed by atoms with Crippen molar-refractivity contribution in [2.75, 3.05) is 5.32 Å². The van der Waals surface area contributed by atoms with E-state index in [1.54, 1.807) is 6.92 Å². The summed E-state index contributed by atoms with van der Waals surface area (Å²) in [6, 6.07) is 5.64. The van der Waals surface area contributed by atoms with Crippen LogP contribution in [0.4, 0.5) is 5.69 Å². The molecule has 1 rings (SSSR count). The first-order valence-corrected chi connectivity index (χ1v) is 5.98. The number of thiocarbonyl (C=S) groups is 1. The van der Waals surface area contributed by atoms with Crippen LogP contribution in [-0.4, -0.2) is 10.9 Å². The lowest BCUT2D eigenvalue weighted by Gasteiger charge is -2.12. The Kier molecular flexibility index (Phi) is 4.44. The quantitative estimate of drug-likeness (QED) is 0.844. The lowest BCUT2D eigenvalue weighted by Crippen LogP contribution is -2.31. The Balaban J connectivity index is 2.81. The second kappa shape index (κ2) is 5.41. The monoisotopic (exact) mass is 300 g/mol. The summed E-state index contributed by atoms with van der Waals surface area (Å²) in [6.45, 7) is 3.61. The Bertz CT molecular complexity index is 434. The summed E-state index contributed by atoms with van der Waals surface area (Å²) in [6.07, 6.45) is 0. The van der Waals surface area contributed by atoms with Gasteiger partial charge in [-0.05, 0) is 37.6 Å². The van der Waals surface area contributed by atoms with Crippen molar-refractivity contribution in [2.24, 2.45) is 11.7 Å². The first kappa shape index (κ1) is 13.1. The number of hydrogen-bond acceptors (Lipinski definition) is 2. The van der Waals surface area contributed by atoms with Crippen LogP contribution in [0, 0.1) is 12.8 Å². The Morgan fingerprint density at radius 3 is 2.69 bits per heavy atom. The minimum absolute atomic E-state index is 0.182. The van der Waals surface area contributed by atoms with Crippen molar-refractivity contribution >= 4 is 44.7 Å². The number of nitrogens with two attached hydrogens (primary N) is 1. The molecule has 1 amide bonds. The summed E-state index contributed by atoms with van der Waals surface area (Å²) in [4.78, 5) is 11.9. The summed E-state index contributed by atoms with van der Waals surface area (Å²) in [5.41, 5.74) is 7.17. The van der Waals surface area contributed by atoms with Crippen LogP contribution in [0.5, 0.6) is 0 Å². The highest BCUT2D eigenvalue weighted by atomic mass is 79.9. The second-order valence-electron chi connectivity index (χ2n) is 3.57. The third kappa shape index (κ3) is 3.28. The van der Waals surface area contributed by atoms with E-state index in [4.69, 9.17) is 18.0 Å². The molecule has 16 heavy (non-hydrogen) atoms. The van der Waals surface area contributed by atoms with Gasteiger partial charge in [0.2, 0.25) is 5.91 Å². The molecule has 0 aromatic heterocycles. The number of benzene rings is 1. The molecule has 1 atom stereocenters. The number of rotatable bonds is 3. The third-order valence-corrected chi connectivity index (χ3v) is 3.11. The van der Waals surface area contributed by atoms with E-state index in [0.717, 1.165) is 15.7 Å². The van der Waals surface area contributed by atoms with Gasteiger partial charge in [-0.15, -0.1) is 0 Å². The fraction of sp³-hybridized carbons (Fsp3) is 0.273. The molecular weight excluding hydrogens is 288 g/mol. The van der Waals surface area contributed by atoms with Gasteiger partial charge in [-0.25, -0.2) is 0 Å². The molecule has 1 aromatic rings. The largest absolute Gasteiger partial charge is 0.393 e. The van der Waals surface area contributed by atoms with E-state index >= 15 is 0 Å². The molecule has 3 N–H and O–H groups in total. The maximum Gasteiger partial charge on any atom is 0.234 e. The van der Waals surface area contributed by atoms with Crippen molar-refractivity contribution < 1.29 is 4.79 Å². The summed E-state index contributed by atoms with van der Waals surface area (Å²) in [5, 5.41) is 2.79. The van der Waals surface area contributed by atoms with Gasteiger partial charge >= 0.3 is 0 Å². The van der Waals surface area contributed by atoms with E-state index in [9.17, 15) is 4.79 Å². The van der Waals surface area contributed by atoms with E-state index in [1.165, 1.54) is 0 Å². The Morgan fingerprint density at radius 2 is 2.19 bits per heavy atom. The number of halogens is 1. The van der Waals surface area contributed by atoms with Crippen LogP contribution >= 0.6 is 28.1 Å². The van der Waals surface area contributed by atoms with Gasteiger partial charge in [-0.2, -0.15) is 0 Å². The van der Waals surface area contributed by atoms with Crippen LogP contribution in [0.1, 0.15) is 12.5 Å². The zero-order valence-electron chi connectivity index (χ0n) is 9.08. The smallest absolute Gasteiger partial charge is 0.234 e. The molecule has 0 saturated carbocycles. The molecule has 5 heteroatoms. The average molecular weight is 301 g/mol. The van der Waals surface area contributed by atoms with Crippen LogP contribution in [0.3, 0.4) is 0 Å². The molecule has 0 radical (unpaired) electrons. The van der Waals surface area contributed by atoms with Crippen molar-refractivity contribution in [3.63, 3.8) is 0 Å². The number of aryl methyl sites for hydroxylation is 1. The zero-order valence-corrected chi connectivity index (χ0v) is 11.5. The van der Waals surface area contributed by atoms with Crippen LogP contribution in [0.2, 0.25) is 0 Å². The fourth-order valence-corrected chi connectivity index (χ4v) is 1.72. The Labute approximate surface area is 109 Å². The van der Waals surface area contributed by atoms with Gasteiger partial charge in [-0.3, -0.25) is 4.79 Å². The standard InChI is InChI=1S/C11H13BrN2OS/c1-6-5-8(12)3-4-9(6)14-11(15)7(2)10(13)16/h3-5,7H,1-2H3,(H2,13,16)(H,14,15). The van der Waals surface area contributed by atoms with Crippen molar-refractivity contribution in [3.05, 3.63) is 28.2 Å². The molecule has 1 unspecified atom stereocenters. The van der Waals surface area contributed by atoms with Gasteiger partial charge in [0.15, 0.2) is 0 Å². The Hall–Kier alpha value is -0.940. The minimum atomic E-state index is -0.460. The van der Waals surface area contributed by atoms with Gasteiger partial charge in [-0.1, -0.05) is 28.1 Å². The molecular formula is C11H13BrN2OS. The average Bonchev–Trinajstić information content (AvgIpc) is 2.20. The molecule has 86 valence electrons. The van der Waals surface area contributed by atoms with Gasteiger partial charge in [0, 0.05) is 10.2 Å². The van der Waals surface area contributed by atoms with Crippen molar-refractivity contribution in [1.29, 1.82) is 0 Å². The van der Waals surface area contributed by atoms with Crippen LogP contribution in [-0.2, 0) is 4.79 Å². The molecule has 1 aromatic carbocycles. The SMILES string of the molecule is Cc1cc(Br)ccc1NC(=O)C(C)C(N)=S. The highest BCUT2D eigenvalue weighted by Crippen LogP contribution is 2.20. The van der Waals surface area contributed by atoms with Gasteiger partial charge in [0.1, 0.15) is 0 Å². The van der Waals surface area contributed by atoms with E-state index in [0.29, 0.717) is 0 Å². The molecule has 0 bridgehead atoms. The highest BCUT2D eigenvalue weighted by Gasteiger charge is 2.16. The normalized spacial score (nSPS) is 11.9. The van der Waals surface area contributed by atoms with E-state index in [2.05, 4.69) is 21.2 Å². The van der Waals surface area contributed by atoms with E-state index in [-0.39, 0.29) is 10.9 Å². The topological polar surface area (TPSA) is 55.1 Å². The molecule has 0 aliphatic carbocycles. The van der Waals surface area contributed by atoms with Gasteiger partial charge < -0.3 is 11.1 Å². The summed E-state index contributed by atoms with van der Waals surface area (Å²) in [7, 11) is 0. The first-order chi connectivity index (χ1) is 7.41. The van der Waals surface area contributed by atoms with E-state index in [1.807, 2.05) is 25.1 Å². The molecule has 0 spiro atoms. The van der Waals surface area contributed by atoms with Crippen LogP contribution in [0.15, 0.2) is 22.7 Å². The summed E-state index contributed by atoms with van der Waals surface area (Å²) in [5.74, 6) is -0.643. The summed E-state index contributed by atoms with van der Waals surface area (Å²) >= 11 is 8.13. The lowest BCUT2D eigenvalue weighted by molar-refractivity contribution is -0.117. The number of carbonyl (C=O) groups is 1. The Morgan fingerprint density at radius 1 is 1.56 bits per heavy atom. The van der Waals surface area contributed by atoms with E-state index < -0.39 is 5.92 Å². The zero-order chi connectivity index (χ0) is 12.3. The molecule has 0 fully saturated rings. The predicted molar refractivity (Wildman–Crippen MR) is 73.5 cm³/mol. The van der Waals surface area contributed by atoms with Gasteiger partial charge in [0.05, 0.1) is 10.9 Å². The number of hydrogen-bond donors (Lipinski definition) is 2. The molecule has 0 saturated heterocycles. The van der Waals surface area contributed by atoms with Gasteiger partial charge in [0.25, 0.3) is 0 Å². The third-order valence-electron chi connectivity index (χ3n) is 2.27. The number of nitrogens with one attached hydrogen (secondary N) is 1. The van der Waals surface area contributed by atoms with Crippen LogP contribution < -0.4 is 11.1 Å². The number of amides is 1. The summed E-state index contributed by atoms with van der Waals surface area (Å²) < 4.78 is 0.977. The molecule has 0 aliphatic heterocycles. The maximum absolute atomic E-state index is 11.7. The molecule has 0 aliphatic rings. The first-order valence-electron chi connectivity index (χ1n) is 4.78. The predicted octanol–water partition coefficient (Wildman–Crippen LogP) is 2.62. The lowest BCUT2D eigenvalue weighted by atomic mass is 10.1. The minimum Gasteiger partial charge on any atom is -0.393 e. The van der Waals surface area contributed by atoms with Crippen molar-refractivity contribution in [2.45, 2.75) is 13.8 Å². The van der Waals surface area contributed by atoms with Crippen molar-refractivity contribution in [1.82, 2.24) is 0 Å². The molecule has 3 nitrogen and oxygen atoms in total. The molecule has 0 heterocycles.